The van der Waals surface area contributed by atoms with Crippen LogP contribution in [0.25, 0.3) is 11.4 Å². The fourth-order valence-electron chi connectivity index (χ4n) is 4.11. The van der Waals surface area contributed by atoms with Crippen molar-refractivity contribution in [3.8, 4) is 17.1 Å². The van der Waals surface area contributed by atoms with E-state index in [9.17, 15) is 4.79 Å². The average Bonchev–Trinajstić information content (AvgIpc) is 3.21. The van der Waals surface area contributed by atoms with Gasteiger partial charge in [0.1, 0.15) is 11.6 Å². The van der Waals surface area contributed by atoms with E-state index in [1.54, 1.807) is 19.4 Å². The lowest BCUT2D eigenvalue weighted by Gasteiger charge is -2.32. The third-order valence-corrected chi connectivity index (χ3v) is 5.89. The van der Waals surface area contributed by atoms with Gasteiger partial charge in [0.15, 0.2) is 0 Å². The lowest BCUT2D eigenvalue weighted by molar-refractivity contribution is 0.0661. The lowest BCUT2D eigenvalue weighted by Crippen LogP contribution is -2.47. The Bertz CT molecular complexity index is 1130. The second kappa shape index (κ2) is 9.58. The third-order valence-electron chi connectivity index (χ3n) is 5.89. The normalized spacial score (nSPS) is 14.5. The van der Waals surface area contributed by atoms with Crippen molar-refractivity contribution >= 4 is 17.5 Å². The molecule has 174 valence electrons. The Morgan fingerprint density at radius 2 is 1.88 bits per heavy atom. The average molecular weight is 450 g/mol. The predicted octanol–water partition coefficient (Wildman–Crippen LogP) is 3.37. The fraction of sp³-hybridized carbons (Fsp3) is 0.417. The predicted molar refractivity (Wildman–Crippen MR) is 128 cm³/mol. The molecule has 1 aliphatic heterocycles. The lowest BCUT2D eigenvalue weighted by atomic mass is 10.1. The van der Waals surface area contributed by atoms with Gasteiger partial charge in [-0.15, -0.1) is 0 Å². The summed E-state index contributed by atoms with van der Waals surface area (Å²) >= 11 is 0. The molecule has 0 radical (unpaired) electrons. The molecule has 33 heavy (non-hydrogen) atoms. The van der Waals surface area contributed by atoms with Gasteiger partial charge in [-0.05, 0) is 46.0 Å². The van der Waals surface area contributed by atoms with Gasteiger partial charge >= 0.3 is 0 Å². The van der Waals surface area contributed by atoms with Crippen molar-refractivity contribution in [1.29, 1.82) is 0 Å². The molecule has 0 unspecified atom stereocenters. The second-order valence-corrected chi connectivity index (χ2v) is 8.56. The van der Waals surface area contributed by atoms with Crippen LogP contribution in [0.3, 0.4) is 0 Å². The highest BCUT2D eigenvalue weighted by Gasteiger charge is 2.23. The smallest absolute Gasteiger partial charge is 0.257 e. The van der Waals surface area contributed by atoms with E-state index in [-0.39, 0.29) is 11.9 Å². The number of methoxy groups -OCH3 is 1. The molecule has 3 aromatic rings. The van der Waals surface area contributed by atoms with Gasteiger partial charge < -0.3 is 24.4 Å². The van der Waals surface area contributed by atoms with Gasteiger partial charge in [0.25, 0.3) is 5.91 Å². The van der Waals surface area contributed by atoms with Crippen molar-refractivity contribution in [2.45, 2.75) is 26.8 Å². The van der Waals surface area contributed by atoms with Crippen molar-refractivity contribution in [3.05, 3.63) is 48.0 Å². The van der Waals surface area contributed by atoms with Gasteiger partial charge in [0, 0.05) is 50.2 Å². The van der Waals surface area contributed by atoms with Crippen LogP contribution >= 0.6 is 0 Å². The Kier molecular flexibility index (Phi) is 6.60. The molecule has 1 aliphatic rings. The van der Waals surface area contributed by atoms with Crippen LogP contribution in [0.15, 0.2) is 36.7 Å². The maximum absolute atomic E-state index is 13.0. The zero-order valence-electron chi connectivity index (χ0n) is 19.9. The number of nitrogens with zero attached hydrogens (tertiary/aromatic N) is 6. The summed E-state index contributed by atoms with van der Waals surface area (Å²) in [5, 5.41) is 3.23. The Labute approximate surface area is 194 Å². The number of imidazole rings is 1. The standard InChI is InChI=1S/C24H31N7O2/c1-16(2)31-17(3)26-15-21(31)20-8-9-25-24(28-20)27-18-6-7-19(22(14-18)33-5)23(32)30-12-10-29(4)11-13-30/h6-9,14-16H,10-13H2,1-5H3,(H,25,27,28). The zero-order chi connectivity index (χ0) is 23.5. The van der Waals surface area contributed by atoms with E-state index in [0.29, 0.717) is 30.4 Å². The quantitative estimate of drug-likeness (QED) is 0.617. The molecule has 4 rings (SSSR count). The highest BCUT2D eigenvalue weighted by molar-refractivity contribution is 5.97. The second-order valence-electron chi connectivity index (χ2n) is 8.56. The zero-order valence-corrected chi connectivity index (χ0v) is 19.9. The molecule has 1 fully saturated rings. The largest absolute Gasteiger partial charge is 0.496 e. The van der Waals surface area contributed by atoms with Gasteiger partial charge in [-0.1, -0.05) is 0 Å². The van der Waals surface area contributed by atoms with Crippen LogP contribution in [0.1, 0.15) is 36.1 Å². The summed E-state index contributed by atoms with van der Waals surface area (Å²) in [5.41, 5.74) is 3.03. The van der Waals surface area contributed by atoms with Crippen molar-refractivity contribution in [3.63, 3.8) is 0 Å². The van der Waals surface area contributed by atoms with Crippen molar-refractivity contribution in [2.24, 2.45) is 0 Å². The molecule has 1 aromatic carbocycles. The molecular formula is C24H31N7O2. The summed E-state index contributed by atoms with van der Waals surface area (Å²) in [6, 6.07) is 7.59. The molecule has 0 spiro atoms. The van der Waals surface area contributed by atoms with E-state index in [1.165, 1.54) is 0 Å². The molecule has 2 aromatic heterocycles. The van der Waals surface area contributed by atoms with E-state index in [4.69, 9.17) is 4.74 Å². The van der Waals surface area contributed by atoms with Crippen LogP contribution in [0.5, 0.6) is 5.75 Å². The molecule has 1 saturated heterocycles. The molecule has 0 aliphatic carbocycles. The van der Waals surface area contributed by atoms with Crippen molar-refractivity contribution < 1.29 is 9.53 Å². The number of carbonyl (C=O) groups excluding carboxylic acids is 1. The van der Waals surface area contributed by atoms with E-state index >= 15 is 0 Å². The number of amides is 1. The van der Waals surface area contributed by atoms with E-state index in [0.717, 1.165) is 36.0 Å². The molecule has 9 heteroatoms. The topological polar surface area (TPSA) is 88.4 Å². The minimum Gasteiger partial charge on any atom is -0.496 e. The highest BCUT2D eigenvalue weighted by Crippen LogP contribution is 2.28. The molecule has 0 atom stereocenters. The molecule has 1 N–H and O–H groups in total. The SMILES string of the molecule is COc1cc(Nc2nccc(-c3cnc(C)n3C(C)C)n2)ccc1C(=O)N1CCN(C)CC1. The Morgan fingerprint density at radius 3 is 2.58 bits per heavy atom. The van der Waals surface area contributed by atoms with E-state index in [1.807, 2.05) is 36.2 Å². The number of nitrogens with one attached hydrogen (secondary N) is 1. The van der Waals surface area contributed by atoms with Crippen LogP contribution in [-0.2, 0) is 0 Å². The minimum absolute atomic E-state index is 0.0120. The van der Waals surface area contributed by atoms with Gasteiger partial charge in [0.05, 0.1) is 30.3 Å². The van der Waals surface area contributed by atoms with Gasteiger partial charge in [0.2, 0.25) is 5.95 Å². The monoisotopic (exact) mass is 449 g/mol. The van der Waals surface area contributed by atoms with E-state index < -0.39 is 0 Å². The number of rotatable bonds is 6. The van der Waals surface area contributed by atoms with Gasteiger partial charge in [-0.2, -0.15) is 0 Å². The fourth-order valence-corrected chi connectivity index (χ4v) is 4.11. The molecular weight excluding hydrogens is 418 g/mol. The van der Waals surface area contributed by atoms with Crippen molar-refractivity contribution in [2.75, 3.05) is 45.7 Å². The van der Waals surface area contributed by atoms with E-state index in [2.05, 4.69) is 50.6 Å². The van der Waals surface area contributed by atoms with Gasteiger partial charge in [-0.3, -0.25) is 4.79 Å². The Hall–Kier alpha value is -3.46. The van der Waals surface area contributed by atoms with Crippen LogP contribution in [-0.4, -0.2) is 75.6 Å². The minimum atomic E-state index is -0.0120. The van der Waals surface area contributed by atoms with Crippen LogP contribution < -0.4 is 10.1 Å². The number of piperazine rings is 1. The number of carbonyl (C=O) groups is 1. The number of likely N-dealkylation sites (N-methyl/N-ethyl adjacent to an activating group) is 1. The molecule has 0 saturated carbocycles. The number of hydrogen-bond donors (Lipinski definition) is 1. The molecule has 0 bridgehead atoms. The number of aromatic nitrogens is 4. The third kappa shape index (κ3) is 4.83. The first-order chi connectivity index (χ1) is 15.9. The maximum atomic E-state index is 13.0. The number of anilines is 2. The molecule has 3 heterocycles. The summed E-state index contributed by atoms with van der Waals surface area (Å²) in [6.07, 6.45) is 3.56. The summed E-state index contributed by atoms with van der Waals surface area (Å²) < 4.78 is 7.69. The first-order valence-electron chi connectivity index (χ1n) is 11.2. The maximum Gasteiger partial charge on any atom is 0.257 e. The molecule has 1 amide bonds. The summed E-state index contributed by atoms with van der Waals surface area (Å²) in [7, 11) is 3.64. The highest BCUT2D eigenvalue weighted by atomic mass is 16.5. The summed E-state index contributed by atoms with van der Waals surface area (Å²) in [5.74, 6) is 1.91. The van der Waals surface area contributed by atoms with Gasteiger partial charge in [-0.25, -0.2) is 15.0 Å². The summed E-state index contributed by atoms with van der Waals surface area (Å²) in [4.78, 5) is 30.6. The van der Waals surface area contributed by atoms with Crippen LogP contribution in [0.2, 0.25) is 0 Å². The summed E-state index contributed by atoms with van der Waals surface area (Å²) in [6.45, 7) is 9.40. The number of ether oxygens (including phenoxy) is 1. The number of hydrogen-bond acceptors (Lipinski definition) is 7. The number of benzene rings is 1. The molecule has 9 nitrogen and oxygen atoms in total. The van der Waals surface area contributed by atoms with Crippen LogP contribution in [0.4, 0.5) is 11.6 Å². The van der Waals surface area contributed by atoms with Crippen molar-refractivity contribution in [1.82, 2.24) is 29.3 Å². The van der Waals surface area contributed by atoms with Crippen LogP contribution in [0, 0.1) is 6.92 Å². The number of aryl methyl sites for hydroxylation is 1. The first-order valence-corrected chi connectivity index (χ1v) is 11.2. The first kappa shape index (κ1) is 22.7. The Balaban J connectivity index is 1.55. The Morgan fingerprint density at radius 1 is 1.12 bits per heavy atom.